The maximum Gasteiger partial charge on any atom is 0.260 e. The molecule has 1 aliphatic carbocycles. The first-order chi connectivity index (χ1) is 14.0. The highest BCUT2D eigenvalue weighted by molar-refractivity contribution is 6.09. The molecule has 2 heterocycles. The first kappa shape index (κ1) is 17.3. The van der Waals surface area contributed by atoms with Crippen LogP contribution in [0.5, 0.6) is 0 Å². The second-order valence-corrected chi connectivity index (χ2v) is 7.01. The number of anilines is 2. The molecule has 29 heavy (non-hydrogen) atoms. The molecule has 5 rings (SSSR count). The molecule has 1 aliphatic heterocycles. The number of carbonyl (C=O) groups is 2. The van der Waals surface area contributed by atoms with Gasteiger partial charge >= 0.3 is 0 Å². The summed E-state index contributed by atoms with van der Waals surface area (Å²) >= 11 is 0. The number of halogens is 2. The summed E-state index contributed by atoms with van der Waals surface area (Å²) in [6.45, 7) is 0. The Morgan fingerprint density at radius 2 is 1.69 bits per heavy atom. The van der Waals surface area contributed by atoms with Gasteiger partial charge in [-0.3, -0.25) is 14.2 Å². The molecule has 0 saturated heterocycles. The highest BCUT2D eigenvalue weighted by Gasteiger charge is 2.62. The van der Waals surface area contributed by atoms with Crippen molar-refractivity contribution in [1.82, 2.24) is 9.55 Å². The molecule has 2 aliphatic rings. The minimum absolute atomic E-state index is 0.0514. The average molecular weight is 389 g/mol. The molecule has 7 heteroatoms. The van der Waals surface area contributed by atoms with E-state index < -0.39 is 28.8 Å². The third-order valence-corrected chi connectivity index (χ3v) is 5.21. The predicted octanol–water partition coefficient (Wildman–Crippen LogP) is 3.54. The number of amides is 1. The Kier molecular flexibility index (Phi) is 3.65. The lowest BCUT2D eigenvalue weighted by Gasteiger charge is -2.17. The molecule has 3 aromatic rings. The monoisotopic (exact) mass is 389 g/mol. The largest absolute Gasteiger partial charge is 0.296 e. The maximum absolute atomic E-state index is 14.9. The van der Waals surface area contributed by atoms with Crippen LogP contribution in [0.15, 0.2) is 48.7 Å². The Balaban J connectivity index is 1.58. The van der Waals surface area contributed by atoms with Crippen LogP contribution in [-0.2, 0) is 10.3 Å². The van der Waals surface area contributed by atoms with Gasteiger partial charge in [0.25, 0.3) is 5.91 Å². The van der Waals surface area contributed by atoms with Gasteiger partial charge in [0.2, 0.25) is 5.95 Å². The van der Waals surface area contributed by atoms with Crippen molar-refractivity contribution in [3.05, 3.63) is 77.1 Å². The molecule has 5 nitrogen and oxygen atoms in total. The lowest BCUT2D eigenvalue weighted by Crippen LogP contribution is -2.31. The van der Waals surface area contributed by atoms with E-state index in [1.165, 1.54) is 10.8 Å². The first-order valence-corrected chi connectivity index (χ1v) is 8.99. The molecule has 1 spiro atoms. The zero-order valence-corrected chi connectivity index (χ0v) is 15.0. The molecule has 0 unspecified atom stereocenters. The fourth-order valence-electron chi connectivity index (χ4n) is 3.70. The van der Waals surface area contributed by atoms with Crippen LogP contribution in [0.25, 0.3) is 0 Å². The molecule has 0 atom stereocenters. The fourth-order valence-corrected chi connectivity index (χ4v) is 3.70. The molecule has 1 amide bonds. The van der Waals surface area contributed by atoms with E-state index in [2.05, 4.69) is 16.8 Å². The highest BCUT2D eigenvalue weighted by atomic mass is 19.1. The highest BCUT2D eigenvalue weighted by Crippen LogP contribution is 2.54. The van der Waals surface area contributed by atoms with Crippen LogP contribution in [0, 0.1) is 23.5 Å². The Labute approximate surface area is 164 Å². The van der Waals surface area contributed by atoms with E-state index in [-0.39, 0.29) is 17.2 Å². The molecular formula is C22H13F2N3O2. The molecular weight excluding hydrogens is 376 g/mol. The number of rotatable bonds is 2. The number of aromatic nitrogens is 2. The third kappa shape index (κ3) is 2.49. The normalized spacial score (nSPS) is 15.8. The van der Waals surface area contributed by atoms with Crippen LogP contribution in [0.3, 0.4) is 0 Å². The maximum atomic E-state index is 14.9. The summed E-state index contributed by atoms with van der Waals surface area (Å²) in [7, 11) is 0. The molecule has 1 saturated carbocycles. The predicted molar refractivity (Wildman–Crippen MR) is 101 cm³/mol. The lowest BCUT2D eigenvalue weighted by atomic mass is 10.1. The average Bonchev–Trinajstić information content (AvgIpc) is 3.36. The van der Waals surface area contributed by atoms with Gasteiger partial charge in [0.05, 0.1) is 6.20 Å². The van der Waals surface area contributed by atoms with Crippen LogP contribution < -0.4 is 4.90 Å². The standard InChI is InChI=1S/C22H13F2N3O2/c23-17-10-15(7-6-14-4-2-1-3-5-14)11-18(24)19(17)26-20(29)22(8-9-22)27-16(13-28)12-25-21(26)27/h1-5,10-13H,8-9H2. The van der Waals surface area contributed by atoms with Gasteiger partial charge in [0.1, 0.15) is 16.9 Å². The number of benzene rings is 2. The zero-order chi connectivity index (χ0) is 20.2. The summed E-state index contributed by atoms with van der Waals surface area (Å²) in [5.41, 5.74) is -0.399. The third-order valence-electron chi connectivity index (χ3n) is 5.21. The van der Waals surface area contributed by atoms with E-state index in [0.717, 1.165) is 17.0 Å². The fraction of sp³-hybridized carbons (Fsp3) is 0.136. The van der Waals surface area contributed by atoms with Gasteiger partial charge in [-0.25, -0.2) is 18.7 Å². The summed E-state index contributed by atoms with van der Waals surface area (Å²) in [6.07, 6.45) is 2.88. The van der Waals surface area contributed by atoms with E-state index >= 15 is 0 Å². The number of fused-ring (bicyclic) bond motifs is 2. The SMILES string of the molecule is O=Cc1cnc2n1C1(CC1)C(=O)N2c1c(F)cc(C#Cc2ccccc2)cc1F. The van der Waals surface area contributed by atoms with E-state index in [0.29, 0.717) is 24.7 Å². The van der Waals surface area contributed by atoms with Crippen molar-refractivity contribution in [3.63, 3.8) is 0 Å². The Hall–Kier alpha value is -3.79. The summed E-state index contributed by atoms with van der Waals surface area (Å²) in [5.74, 6) is 3.30. The van der Waals surface area contributed by atoms with Crippen molar-refractivity contribution < 1.29 is 18.4 Å². The van der Waals surface area contributed by atoms with Gasteiger partial charge in [-0.15, -0.1) is 0 Å². The van der Waals surface area contributed by atoms with E-state index in [1.807, 2.05) is 18.2 Å². The number of nitrogens with zero attached hydrogens (tertiary/aromatic N) is 3. The second kappa shape index (κ2) is 6.11. The van der Waals surface area contributed by atoms with Gasteiger partial charge < -0.3 is 0 Å². The molecule has 0 bridgehead atoms. The number of imidazole rings is 1. The topological polar surface area (TPSA) is 55.2 Å². The molecule has 2 aromatic carbocycles. The van der Waals surface area contributed by atoms with Gasteiger partial charge in [0, 0.05) is 11.1 Å². The Morgan fingerprint density at radius 3 is 2.31 bits per heavy atom. The number of aldehydes is 1. The van der Waals surface area contributed by atoms with Crippen molar-refractivity contribution in [2.45, 2.75) is 18.4 Å². The van der Waals surface area contributed by atoms with E-state index in [4.69, 9.17) is 0 Å². The molecule has 0 N–H and O–H groups in total. The van der Waals surface area contributed by atoms with Crippen LogP contribution in [0.2, 0.25) is 0 Å². The summed E-state index contributed by atoms with van der Waals surface area (Å²) in [5, 5.41) is 0. The van der Waals surface area contributed by atoms with Crippen LogP contribution in [-0.4, -0.2) is 21.7 Å². The minimum atomic E-state index is -0.966. The second-order valence-electron chi connectivity index (χ2n) is 7.01. The van der Waals surface area contributed by atoms with Crippen LogP contribution in [0.1, 0.15) is 34.5 Å². The van der Waals surface area contributed by atoms with E-state index in [9.17, 15) is 18.4 Å². The lowest BCUT2D eigenvalue weighted by molar-refractivity contribution is -0.120. The van der Waals surface area contributed by atoms with Crippen molar-refractivity contribution in [1.29, 1.82) is 0 Å². The molecule has 142 valence electrons. The zero-order valence-electron chi connectivity index (χ0n) is 15.0. The van der Waals surface area contributed by atoms with Crippen molar-refractivity contribution in [2.75, 3.05) is 4.90 Å². The van der Waals surface area contributed by atoms with Gasteiger partial charge in [-0.05, 0) is 37.1 Å². The summed E-state index contributed by atoms with van der Waals surface area (Å²) < 4.78 is 31.3. The minimum Gasteiger partial charge on any atom is -0.296 e. The smallest absolute Gasteiger partial charge is 0.260 e. The van der Waals surface area contributed by atoms with Crippen molar-refractivity contribution >= 4 is 23.8 Å². The van der Waals surface area contributed by atoms with Gasteiger partial charge in [-0.1, -0.05) is 30.0 Å². The number of hydrogen-bond acceptors (Lipinski definition) is 3. The molecule has 1 aromatic heterocycles. The summed E-state index contributed by atoms with van der Waals surface area (Å²) in [6, 6.07) is 11.2. The van der Waals surface area contributed by atoms with Crippen molar-refractivity contribution in [3.8, 4) is 11.8 Å². The van der Waals surface area contributed by atoms with Gasteiger partial charge in [0.15, 0.2) is 17.9 Å². The van der Waals surface area contributed by atoms with Crippen LogP contribution in [0.4, 0.5) is 20.4 Å². The van der Waals surface area contributed by atoms with E-state index in [1.54, 1.807) is 12.1 Å². The molecule has 0 radical (unpaired) electrons. The summed E-state index contributed by atoms with van der Waals surface area (Å²) in [4.78, 5) is 29.3. The van der Waals surface area contributed by atoms with Crippen LogP contribution >= 0.6 is 0 Å². The molecule has 1 fully saturated rings. The Bertz CT molecular complexity index is 1210. The number of carbonyl (C=O) groups excluding carboxylic acids is 2. The first-order valence-electron chi connectivity index (χ1n) is 8.99. The quantitative estimate of drug-likeness (QED) is 0.498. The van der Waals surface area contributed by atoms with Gasteiger partial charge in [-0.2, -0.15) is 0 Å². The number of hydrogen-bond donors (Lipinski definition) is 0. The van der Waals surface area contributed by atoms with Crippen molar-refractivity contribution in [2.24, 2.45) is 0 Å². The Morgan fingerprint density at radius 1 is 1.03 bits per heavy atom.